The Hall–Kier alpha value is -0.630. The van der Waals surface area contributed by atoms with Crippen molar-refractivity contribution in [1.29, 1.82) is 0 Å². The molecule has 0 bridgehead atoms. The molecule has 0 radical (unpaired) electrons. The first-order chi connectivity index (χ1) is 7.38. The molecule has 0 amide bonds. The fraction of sp³-hybridized carbons (Fsp3) is 0.571. The molecule has 0 spiro atoms. The second kappa shape index (κ2) is 3.99. The van der Waals surface area contributed by atoms with Gasteiger partial charge in [0.05, 0.1) is 0 Å². The maximum Gasteiger partial charge on any atom is 0.0483 e. The van der Waals surface area contributed by atoms with Gasteiger partial charge in [0.2, 0.25) is 0 Å². The summed E-state index contributed by atoms with van der Waals surface area (Å²) in [6.07, 6.45) is 0. The second-order valence-corrected chi connectivity index (χ2v) is 6.87. The van der Waals surface area contributed by atoms with E-state index in [4.69, 9.17) is 0 Å². The topological polar surface area (TPSA) is 12.0 Å². The monoisotopic (exact) mass is 235 g/mol. The zero-order valence-electron chi connectivity index (χ0n) is 10.8. The Labute approximate surface area is 103 Å². The Morgan fingerprint density at radius 2 is 1.81 bits per heavy atom. The highest BCUT2D eigenvalue weighted by Gasteiger charge is 2.28. The van der Waals surface area contributed by atoms with Crippen molar-refractivity contribution >= 4 is 17.4 Å². The largest absolute Gasteiger partial charge is 0.380 e. The Balaban J connectivity index is 2.31. The van der Waals surface area contributed by atoms with Gasteiger partial charge in [0.1, 0.15) is 0 Å². The fourth-order valence-corrected chi connectivity index (χ4v) is 3.35. The normalized spacial score (nSPS) is 20.2. The van der Waals surface area contributed by atoms with E-state index < -0.39 is 0 Å². The molecular weight excluding hydrogens is 214 g/mol. The molecule has 1 heterocycles. The summed E-state index contributed by atoms with van der Waals surface area (Å²) >= 11 is 1.98. The number of hydrogen-bond acceptors (Lipinski definition) is 2. The van der Waals surface area contributed by atoms with Crippen LogP contribution in [0.4, 0.5) is 5.69 Å². The molecule has 0 saturated carbocycles. The van der Waals surface area contributed by atoms with Crippen molar-refractivity contribution in [2.24, 2.45) is 5.41 Å². The van der Waals surface area contributed by atoms with E-state index in [0.29, 0.717) is 11.5 Å². The van der Waals surface area contributed by atoms with Crippen LogP contribution in [-0.4, -0.2) is 11.8 Å². The van der Waals surface area contributed by atoms with Gasteiger partial charge < -0.3 is 5.32 Å². The number of fused-ring (bicyclic) bond motifs is 1. The van der Waals surface area contributed by atoms with Crippen molar-refractivity contribution in [2.75, 3.05) is 11.1 Å². The number of anilines is 1. The number of aryl methyl sites for hydroxylation is 2. The molecule has 1 aliphatic rings. The molecule has 0 aromatic heterocycles. The van der Waals surface area contributed by atoms with E-state index in [-0.39, 0.29) is 0 Å². The molecule has 1 aliphatic heterocycles. The minimum atomic E-state index is 0.323. The van der Waals surface area contributed by atoms with Crippen LogP contribution in [0.15, 0.2) is 17.0 Å². The molecule has 0 saturated heterocycles. The van der Waals surface area contributed by atoms with Crippen LogP contribution in [0.1, 0.15) is 31.9 Å². The van der Waals surface area contributed by atoms with Crippen LogP contribution in [0.3, 0.4) is 0 Å². The van der Waals surface area contributed by atoms with Crippen molar-refractivity contribution in [2.45, 2.75) is 45.6 Å². The summed E-state index contributed by atoms with van der Waals surface area (Å²) in [5.74, 6) is 1.17. The van der Waals surface area contributed by atoms with Crippen LogP contribution < -0.4 is 5.32 Å². The fourth-order valence-electron chi connectivity index (χ4n) is 1.89. The minimum Gasteiger partial charge on any atom is -0.380 e. The van der Waals surface area contributed by atoms with Crippen LogP contribution in [-0.2, 0) is 0 Å². The van der Waals surface area contributed by atoms with E-state index >= 15 is 0 Å². The zero-order valence-corrected chi connectivity index (χ0v) is 11.7. The molecule has 1 aromatic rings. The average Bonchev–Trinajstić information content (AvgIpc) is 2.17. The molecule has 1 nitrogen and oxygen atoms in total. The number of thioether (sulfide) groups is 1. The van der Waals surface area contributed by atoms with Gasteiger partial charge in [-0.2, -0.15) is 0 Å². The molecule has 2 rings (SSSR count). The average molecular weight is 235 g/mol. The number of hydrogen-bond donors (Lipinski definition) is 1. The van der Waals surface area contributed by atoms with Gasteiger partial charge in [-0.1, -0.05) is 20.8 Å². The highest BCUT2D eigenvalue weighted by molar-refractivity contribution is 7.99. The Kier molecular flexibility index (Phi) is 2.95. The van der Waals surface area contributed by atoms with Gasteiger partial charge in [-0.25, -0.2) is 0 Å². The zero-order chi connectivity index (χ0) is 11.9. The number of rotatable bonds is 0. The van der Waals surface area contributed by atoms with Crippen LogP contribution in [0, 0.1) is 19.3 Å². The second-order valence-electron chi connectivity index (χ2n) is 5.81. The first-order valence-electron chi connectivity index (χ1n) is 5.88. The molecule has 1 N–H and O–H groups in total. The van der Waals surface area contributed by atoms with Gasteiger partial charge in [-0.05, 0) is 42.5 Å². The van der Waals surface area contributed by atoms with Crippen molar-refractivity contribution in [1.82, 2.24) is 0 Å². The molecular formula is C14H21NS. The summed E-state index contributed by atoms with van der Waals surface area (Å²) in [6.45, 7) is 11.3. The summed E-state index contributed by atoms with van der Waals surface area (Å²) in [5, 5.41) is 3.68. The predicted molar refractivity (Wildman–Crippen MR) is 73.5 cm³/mol. The van der Waals surface area contributed by atoms with Crippen molar-refractivity contribution in [3.8, 4) is 0 Å². The predicted octanol–water partition coefficient (Wildman–Crippen LogP) is 4.24. The van der Waals surface area contributed by atoms with Crippen LogP contribution in [0.5, 0.6) is 0 Å². The summed E-state index contributed by atoms with van der Waals surface area (Å²) in [5.41, 5.74) is 4.41. The van der Waals surface area contributed by atoms with Crippen LogP contribution in [0.25, 0.3) is 0 Å². The summed E-state index contributed by atoms with van der Waals surface area (Å²) in [6, 6.07) is 5.16. The third-order valence-corrected chi connectivity index (χ3v) is 4.53. The highest BCUT2D eigenvalue weighted by atomic mass is 32.2. The summed E-state index contributed by atoms with van der Waals surface area (Å²) in [4.78, 5) is 1.41. The summed E-state index contributed by atoms with van der Waals surface area (Å²) in [7, 11) is 0. The molecule has 2 heteroatoms. The third-order valence-electron chi connectivity index (χ3n) is 3.38. The molecule has 1 aromatic carbocycles. The minimum absolute atomic E-state index is 0.323. The molecule has 1 unspecified atom stereocenters. The van der Waals surface area contributed by atoms with Gasteiger partial charge in [-0.3, -0.25) is 0 Å². The van der Waals surface area contributed by atoms with Gasteiger partial charge in [0.25, 0.3) is 0 Å². The lowest BCUT2D eigenvalue weighted by atomic mass is 9.87. The van der Waals surface area contributed by atoms with Crippen molar-refractivity contribution in [3.63, 3.8) is 0 Å². The number of benzene rings is 1. The lowest BCUT2D eigenvalue weighted by Crippen LogP contribution is -2.38. The lowest BCUT2D eigenvalue weighted by molar-refractivity contribution is 0.362. The smallest absolute Gasteiger partial charge is 0.0483 e. The van der Waals surface area contributed by atoms with E-state index in [1.807, 2.05) is 11.8 Å². The molecule has 0 fully saturated rings. The molecule has 1 atom stereocenters. The van der Waals surface area contributed by atoms with Gasteiger partial charge in [-0.15, -0.1) is 11.8 Å². The molecule has 0 aliphatic carbocycles. The Bertz CT molecular complexity index is 404. The number of nitrogens with one attached hydrogen (secondary N) is 1. The highest BCUT2D eigenvalue weighted by Crippen LogP contribution is 2.39. The third kappa shape index (κ3) is 2.22. The van der Waals surface area contributed by atoms with Crippen LogP contribution in [0.2, 0.25) is 0 Å². The van der Waals surface area contributed by atoms with E-state index in [9.17, 15) is 0 Å². The maximum absolute atomic E-state index is 3.68. The maximum atomic E-state index is 3.68. The molecule has 88 valence electrons. The summed E-state index contributed by atoms with van der Waals surface area (Å²) < 4.78 is 0. The first-order valence-corrected chi connectivity index (χ1v) is 6.87. The van der Waals surface area contributed by atoms with E-state index in [1.165, 1.54) is 27.5 Å². The van der Waals surface area contributed by atoms with Gasteiger partial charge >= 0.3 is 0 Å². The Morgan fingerprint density at radius 1 is 1.19 bits per heavy atom. The van der Waals surface area contributed by atoms with E-state index in [0.717, 1.165) is 0 Å². The van der Waals surface area contributed by atoms with Crippen LogP contribution >= 0.6 is 11.8 Å². The molecule has 16 heavy (non-hydrogen) atoms. The lowest BCUT2D eigenvalue weighted by Gasteiger charge is -2.36. The SMILES string of the molecule is Cc1cc2c(cc1C)SCC(C(C)(C)C)N2. The van der Waals surface area contributed by atoms with Gasteiger partial charge in [0, 0.05) is 22.4 Å². The Morgan fingerprint density at radius 3 is 2.44 bits per heavy atom. The van der Waals surface area contributed by atoms with Gasteiger partial charge in [0.15, 0.2) is 0 Å². The van der Waals surface area contributed by atoms with E-state index in [2.05, 4.69) is 52.1 Å². The quantitative estimate of drug-likeness (QED) is 0.722. The van der Waals surface area contributed by atoms with Crippen molar-refractivity contribution < 1.29 is 0 Å². The first kappa shape index (κ1) is 11.8. The standard InChI is InChI=1S/C14H21NS/c1-9-6-11-12(7-10(9)2)16-8-13(15-11)14(3,4)5/h6-7,13,15H,8H2,1-5H3. The van der Waals surface area contributed by atoms with E-state index in [1.54, 1.807) is 0 Å². The van der Waals surface area contributed by atoms with Crippen molar-refractivity contribution in [3.05, 3.63) is 23.3 Å².